The zero-order valence-electron chi connectivity index (χ0n) is 10.6. The van der Waals surface area contributed by atoms with Gasteiger partial charge in [-0.3, -0.25) is 0 Å². The summed E-state index contributed by atoms with van der Waals surface area (Å²) in [6.07, 6.45) is 3.86. The minimum Gasteiger partial charge on any atom is -0.351 e. The van der Waals surface area contributed by atoms with Gasteiger partial charge in [0.25, 0.3) is 0 Å². The van der Waals surface area contributed by atoms with Gasteiger partial charge in [0.1, 0.15) is 0 Å². The first-order chi connectivity index (χ1) is 9.38. The maximum absolute atomic E-state index is 4.53. The number of anilines is 1. The number of aromatic nitrogens is 2. The molecule has 0 atom stereocenters. The topological polar surface area (TPSA) is 40.7 Å². The van der Waals surface area contributed by atoms with Crippen LogP contribution in [-0.4, -0.2) is 9.97 Å². The van der Waals surface area contributed by atoms with E-state index in [2.05, 4.69) is 21.4 Å². The minimum atomic E-state index is 0.856. The molecule has 4 heteroatoms. The van der Waals surface area contributed by atoms with Crippen LogP contribution in [0.5, 0.6) is 0 Å². The molecule has 1 aromatic carbocycles. The number of fused-ring (bicyclic) bond motifs is 2. The summed E-state index contributed by atoms with van der Waals surface area (Å²) in [6.45, 7) is 0.859. The monoisotopic (exact) mass is 269 g/mol. The Morgan fingerprint density at radius 3 is 3.11 bits per heavy atom. The summed E-state index contributed by atoms with van der Waals surface area (Å²) < 4.78 is 0. The van der Waals surface area contributed by atoms with Gasteiger partial charge in [-0.25, -0.2) is 4.98 Å². The van der Waals surface area contributed by atoms with Crippen LogP contribution in [-0.2, 0) is 19.4 Å². The van der Waals surface area contributed by atoms with E-state index >= 15 is 0 Å². The summed E-state index contributed by atoms with van der Waals surface area (Å²) in [5.74, 6) is 0.856. The second kappa shape index (κ2) is 4.38. The van der Waals surface area contributed by atoms with Crippen LogP contribution in [0, 0.1) is 0 Å². The summed E-state index contributed by atoms with van der Waals surface area (Å²) in [5.41, 5.74) is 3.66. The predicted octanol–water partition coefficient (Wildman–Crippen LogP) is 3.73. The maximum atomic E-state index is 4.53. The fourth-order valence-corrected chi connectivity index (χ4v) is 3.89. The normalized spacial score (nSPS) is 13.9. The van der Waals surface area contributed by atoms with Crippen molar-refractivity contribution in [2.24, 2.45) is 0 Å². The fourth-order valence-electron chi connectivity index (χ4n) is 2.69. The number of nitrogens with one attached hydrogen (secondary N) is 2. The molecule has 0 aliphatic heterocycles. The van der Waals surface area contributed by atoms with Crippen molar-refractivity contribution >= 4 is 28.3 Å². The Bertz CT molecular complexity index is 671. The van der Waals surface area contributed by atoms with Crippen LogP contribution in [0.15, 0.2) is 30.3 Å². The quantitative estimate of drug-likeness (QED) is 0.760. The van der Waals surface area contributed by atoms with Crippen molar-refractivity contribution in [1.82, 2.24) is 9.97 Å². The van der Waals surface area contributed by atoms with Crippen LogP contribution in [0.1, 0.15) is 21.7 Å². The molecule has 0 amide bonds. The van der Waals surface area contributed by atoms with Gasteiger partial charge in [-0.15, -0.1) is 11.3 Å². The summed E-state index contributed by atoms with van der Waals surface area (Å²) in [7, 11) is 0. The van der Waals surface area contributed by atoms with E-state index in [0.29, 0.717) is 0 Å². The number of para-hydroxylation sites is 2. The Hall–Kier alpha value is -1.81. The van der Waals surface area contributed by atoms with E-state index < -0.39 is 0 Å². The van der Waals surface area contributed by atoms with Gasteiger partial charge in [-0.1, -0.05) is 12.1 Å². The molecule has 96 valence electrons. The molecule has 0 fully saturated rings. The third kappa shape index (κ3) is 2.02. The smallest absolute Gasteiger partial charge is 0.201 e. The molecule has 1 aliphatic carbocycles. The summed E-state index contributed by atoms with van der Waals surface area (Å²) in [6, 6.07) is 10.5. The average molecular weight is 269 g/mol. The first-order valence-electron chi connectivity index (χ1n) is 6.67. The van der Waals surface area contributed by atoms with Crippen LogP contribution in [0.4, 0.5) is 5.95 Å². The standard InChI is InChI=1S/C15H15N3S/c1-2-6-13-12(5-1)17-15(18-13)16-9-11-8-10-4-3-7-14(10)19-11/h1-2,5-6,8H,3-4,7,9H2,(H2,16,17,18). The van der Waals surface area contributed by atoms with E-state index in [1.54, 1.807) is 10.4 Å². The molecule has 19 heavy (non-hydrogen) atoms. The number of thiophene rings is 1. The van der Waals surface area contributed by atoms with E-state index in [1.165, 1.54) is 24.1 Å². The molecule has 1 aliphatic rings. The van der Waals surface area contributed by atoms with Crippen LogP contribution < -0.4 is 5.32 Å². The number of nitrogens with zero attached hydrogens (tertiary/aromatic N) is 1. The lowest BCUT2D eigenvalue weighted by Gasteiger charge is -1.99. The molecule has 0 saturated carbocycles. The molecule has 0 unspecified atom stereocenters. The molecule has 2 N–H and O–H groups in total. The molecule has 0 saturated heterocycles. The molecule has 0 radical (unpaired) electrons. The fraction of sp³-hybridized carbons (Fsp3) is 0.267. The predicted molar refractivity (Wildman–Crippen MR) is 79.8 cm³/mol. The van der Waals surface area contributed by atoms with E-state index in [-0.39, 0.29) is 0 Å². The van der Waals surface area contributed by atoms with Crippen molar-refractivity contribution in [1.29, 1.82) is 0 Å². The molecule has 0 spiro atoms. The van der Waals surface area contributed by atoms with Gasteiger partial charge in [0.05, 0.1) is 17.6 Å². The van der Waals surface area contributed by atoms with E-state index in [0.717, 1.165) is 23.5 Å². The molecular formula is C15H15N3S. The number of rotatable bonds is 3. The van der Waals surface area contributed by atoms with Gasteiger partial charge in [-0.05, 0) is 43.0 Å². The number of imidazole rings is 1. The SMILES string of the molecule is c1ccc2[nH]c(NCc3cc4c(s3)CCC4)nc2c1. The van der Waals surface area contributed by atoms with Gasteiger partial charge >= 0.3 is 0 Å². The van der Waals surface area contributed by atoms with Gasteiger partial charge in [0.15, 0.2) is 0 Å². The Morgan fingerprint density at radius 1 is 1.26 bits per heavy atom. The second-order valence-corrected chi connectivity index (χ2v) is 6.19. The second-order valence-electron chi connectivity index (χ2n) is 4.97. The maximum Gasteiger partial charge on any atom is 0.201 e. The highest BCUT2D eigenvalue weighted by Crippen LogP contribution is 2.30. The molecule has 2 heterocycles. The molecule has 0 bridgehead atoms. The number of aromatic amines is 1. The van der Waals surface area contributed by atoms with Gasteiger partial charge in [-0.2, -0.15) is 0 Å². The van der Waals surface area contributed by atoms with Crippen LogP contribution in [0.3, 0.4) is 0 Å². The van der Waals surface area contributed by atoms with Crippen molar-refractivity contribution in [3.05, 3.63) is 45.6 Å². The Labute approximate surface area is 115 Å². The zero-order valence-corrected chi connectivity index (χ0v) is 11.4. The summed E-state index contributed by atoms with van der Waals surface area (Å²) in [4.78, 5) is 10.8. The van der Waals surface area contributed by atoms with Crippen LogP contribution >= 0.6 is 11.3 Å². The third-order valence-corrected chi connectivity index (χ3v) is 4.85. The van der Waals surface area contributed by atoms with Crippen LogP contribution in [0.25, 0.3) is 11.0 Å². The zero-order chi connectivity index (χ0) is 12.7. The molecule has 4 rings (SSSR count). The van der Waals surface area contributed by atoms with Gasteiger partial charge in [0, 0.05) is 9.75 Å². The Balaban J connectivity index is 1.51. The third-order valence-electron chi connectivity index (χ3n) is 3.62. The van der Waals surface area contributed by atoms with E-state index in [4.69, 9.17) is 0 Å². The van der Waals surface area contributed by atoms with Crippen LogP contribution in [0.2, 0.25) is 0 Å². The van der Waals surface area contributed by atoms with E-state index in [9.17, 15) is 0 Å². The largest absolute Gasteiger partial charge is 0.351 e. The van der Waals surface area contributed by atoms with Crippen molar-refractivity contribution < 1.29 is 0 Å². The van der Waals surface area contributed by atoms with E-state index in [1.807, 2.05) is 35.6 Å². The highest BCUT2D eigenvalue weighted by atomic mass is 32.1. The number of H-pyrrole nitrogens is 1. The first kappa shape index (κ1) is 11.1. The first-order valence-corrected chi connectivity index (χ1v) is 7.49. The van der Waals surface area contributed by atoms with Crippen molar-refractivity contribution in [3.63, 3.8) is 0 Å². The Kier molecular flexibility index (Phi) is 2.55. The highest BCUT2D eigenvalue weighted by molar-refractivity contribution is 7.12. The summed E-state index contributed by atoms with van der Waals surface area (Å²) >= 11 is 1.94. The lowest BCUT2D eigenvalue weighted by Crippen LogP contribution is -1.98. The number of hydrogen-bond acceptors (Lipinski definition) is 3. The lowest BCUT2D eigenvalue weighted by molar-refractivity contribution is 0.913. The highest BCUT2D eigenvalue weighted by Gasteiger charge is 2.14. The van der Waals surface area contributed by atoms with Crippen molar-refractivity contribution in [2.75, 3.05) is 5.32 Å². The van der Waals surface area contributed by atoms with Gasteiger partial charge < -0.3 is 10.3 Å². The minimum absolute atomic E-state index is 0.856. The van der Waals surface area contributed by atoms with Crippen molar-refractivity contribution in [3.8, 4) is 0 Å². The molecule has 3 aromatic rings. The van der Waals surface area contributed by atoms with Gasteiger partial charge in [0.2, 0.25) is 5.95 Å². The Morgan fingerprint density at radius 2 is 2.21 bits per heavy atom. The number of hydrogen-bond donors (Lipinski definition) is 2. The lowest BCUT2D eigenvalue weighted by atomic mass is 10.2. The number of benzene rings is 1. The molecule has 3 nitrogen and oxygen atoms in total. The number of aryl methyl sites for hydroxylation is 2. The molecule has 2 aromatic heterocycles. The summed E-state index contributed by atoms with van der Waals surface area (Å²) in [5, 5.41) is 3.38. The van der Waals surface area contributed by atoms with Crippen molar-refractivity contribution in [2.45, 2.75) is 25.8 Å². The average Bonchev–Trinajstić information content (AvgIpc) is 3.09. The molecular weight excluding hydrogens is 254 g/mol.